The predicted octanol–water partition coefficient (Wildman–Crippen LogP) is 1.78. The number of rotatable bonds is 2. The van der Waals surface area contributed by atoms with Crippen molar-refractivity contribution in [2.24, 2.45) is 0 Å². The molecule has 88 valence electrons. The van der Waals surface area contributed by atoms with Gasteiger partial charge in [-0.05, 0) is 37.5 Å². The summed E-state index contributed by atoms with van der Waals surface area (Å²) in [7, 11) is 0. The average Bonchev–Trinajstić information content (AvgIpc) is 2.75. The minimum Gasteiger partial charge on any atom is -0.383 e. The van der Waals surface area contributed by atoms with Crippen LogP contribution in [0, 0.1) is 5.82 Å². The van der Waals surface area contributed by atoms with Gasteiger partial charge in [0.2, 0.25) is 0 Å². The molecule has 1 heterocycles. The van der Waals surface area contributed by atoms with Crippen molar-refractivity contribution in [3.8, 4) is 5.69 Å². The molecule has 0 amide bonds. The van der Waals surface area contributed by atoms with Crippen molar-refractivity contribution in [1.82, 2.24) is 15.0 Å². The lowest BCUT2D eigenvalue weighted by molar-refractivity contribution is -0.0427. The van der Waals surface area contributed by atoms with Crippen LogP contribution in [0.5, 0.6) is 0 Å². The Kier molecular flexibility index (Phi) is 2.22. The van der Waals surface area contributed by atoms with E-state index in [1.54, 1.807) is 18.3 Å². The van der Waals surface area contributed by atoms with Gasteiger partial charge in [0, 0.05) is 0 Å². The zero-order valence-corrected chi connectivity index (χ0v) is 9.17. The Morgan fingerprint density at radius 2 is 2.18 bits per heavy atom. The van der Waals surface area contributed by atoms with Crippen molar-refractivity contribution in [1.29, 1.82) is 0 Å². The minimum atomic E-state index is -0.828. The molecule has 0 bridgehead atoms. The summed E-state index contributed by atoms with van der Waals surface area (Å²) < 4.78 is 14.5. The highest BCUT2D eigenvalue weighted by molar-refractivity contribution is 5.31. The highest BCUT2D eigenvalue weighted by atomic mass is 19.1. The molecule has 1 N–H and O–H groups in total. The van der Waals surface area contributed by atoms with E-state index < -0.39 is 5.60 Å². The Hall–Kier alpha value is -1.75. The monoisotopic (exact) mass is 233 g/mol. The molecular weight excluding hydrogens is 221 g/mol. The van der Waals surface area contributed by atoms with Crippen molar-refractivity contribution in [3.05, 3.63) is 42.0 Å². The van der Waals surface area contributed by atoms with Gasteiger partial charge in [-0.15, -0.1) is 5.10 Å². The molecule has 2 aromatic rings. The number of aromatic nitrogens is 3. The van der Waals surface area contributed by atoms with Crippen LogP contribution < -0.4 is 0 Å². The van der Waals surface area contributed by atoms with E-state index >= 15 is 0 Å². The summed E-state index contributed by atoms with van der Waals surface area (Å²) in [5, 5.41) is 18.0. The summed E-state index contributed by atoms with van der Waals surface area (Å²) in [6, 6.07) is 6.11. The predicted molar refractivity (Wildman–Crippen MR) is 59.1 cm³/mol. The number of hydrogen-bond donors (Lipinski definition) is 1. The minimum absolute atomic E-state index is 0.318. The first-order valence-corrected chi connectivity index (χ1v) is 5.59. The molecule has 0 aliphatic heterocycles. The van der Waals surface area contributed by atoms with Gasteiger partial charge in [-0.3, -0.25) is 0 Å². The van der Waals surface area contributed by atoms with E-state index in [4.69, 9.17) is 0 Å². The van der Waals surface area contributed by atoms with E-state index in [0.717, 1.165) is 19.3 Å². The van der Waals surface area contributed by atoms with Crippen LogP contribution in [0.3, 0.4) is 0 Å². The van der Waals surface area contributed by atoms with E-state index in [2.05, 4.69) is 10.3 Å². The third-order valence-corrected chi connectivity index (χ3v) is 3.22. The largest absolute Gasteiger partial charge is 0.383 e. The van der Waals surface area contributed by atoms with Crippen molar-refractivity contribution >= 4 is 0 Å². The molecule has 4 nitrogen and oxygen atoms in total. The molecule has 0 atom stereocenters. The third kappa shape index (κ3) is 1.72. The van der Waals surface area contributed by atoms with Crippen LogP contribution in [-0.4, -0.2) is 20.1 Å². The van der Waals surface area contributed by atoms with E-state index in [0.29, 0.717) is 11.4 Å². The van der Waals surface area contributed by atoms with Crippen LogP contribution >= 0.6 is 0 Å². The number of halogens is 1. The summed E-state index contributed by atoms with van der Waals surface area (Å²) >= 11 is 0. The lowest BCUT2D eigenvalue weighted by Crippen LogP contribution is -2.34. The van der Waals surface area contributed by atoms with Crippen LogP contribution in [0.1, 0.15) is 25.0 Å². The number of hydrogen-bond acceptors (Lipinski definition) is 3. The highest BCUT2D eigenvalue weighted by Crippen LogP contribution is 2.39. The summed E-state index contributed by atoms with van der Waals surface area (Å²) in [6.07, 6.45) is 4.10. The zero-order valence-electron chi connectivity index (χ0n) is 9.17. The molecule has 1 aromatic carbocycles. The molecule has 5 heteroatoms. The molecule has 0 spiro atoms. The van der Waals surface area contributed by atoms with E-state index in [9.17, 15) is 9.50 Å². The third-order valence-electron chi connectivity index (χ3n) is 3.22. The van der Waals surface area contributed by atoms with Crippen LogP contribution in [0.2, 0.25) is 0 Å². The van der Waals surface area contributed by atoms with Gasteiger partial charge in [-0.1, -0.05) is 11.3 Å². The maximum Gasteiger partial charge on any atom is 0.125 e. The van der Waals surface area contributed by atoms with Crippen molar-refractivity contribution < 1.29 is 9.50 Å². The lowest BCUT2D eigenvalue weighted by Gasteiger charge is -2.34. The van der Waals surface area contributed by atoms with E-state index in [1.807, 2.05) is 0 Å². The van der Waals surface area contributed by atoms with E-state index in [1.165, 1.54) is 16.8 Å². The maximum absolute atomic E-state index is 13.1. The Morgan fingerprint density at radius 1 is 1.35 bits per heavy atom. The standard InChI is InChI=1S/C12H12FN3O/c13-9-3-1-4-10(7-9)16-8-11(14-15-16)12(17)5-2-6-12/h1,3-4,7-8,17H,2,5-6H2. The molecule has 0 saturated heterocycles. The summed E-state index contributed by atoms with van der Waals surface area (Å²) in [5.41, 5.74) is 0.339. The smallest absolute Gasteiger partial charge is 0.125 e. The molecule has 0 radical (unpaired) electrons. The number of nitrogens with zero attached hydrogens (tertiary/aromatic N) is 3. The van der Waals surface area contributed by atoms with Gasteiger partial charge in [-0.2, -0.15) is 0 Å². The molecular formula is C12H12FN3O. The fourth-order valence-electron chi connectivity index (χ4n) is 1.99. The van der Waals surface area contributed by atoms with Crippen molar-refractivity contribution in [2.75, 3.05) is 0 Å². The molecule has 17 heavy (non-hydrogen) atoms. The highest BCUT2D eigenvalue weighted by Gasteiger charge is 2.38. The van der Waals surface area contributed by atoms with Gasteiger partial charge in [0.25, 0.3) is 0 Å². The molecule has 1 aromatic heterocycles. The van der Waals surface area contributed by atoms with Gasteiger partial charge in [-0.25, -0.2) is 9.07 Å². The fourth-order valence-corrected chi connectivity index (χ4v) is 1.99. The molecule has 1 fully saturated rings. The van der Waals surface area contributed by atoms with Crippen molar-refractivity contribution in [2.45, 2.75) is 24.9 Å². The Morgan fingerprint density at radius 3 is 2.82 bits per heavy atom. The van der Waals surface area contributed by atoms with Crippen molar-refractivity contribution in [3.63, 3.8) is 0 Å². The first kappa shape index (κ1) is 10.4. The normalized spacial score (nSPS) is 17.8. The summed E-state index contributed by atoms with van der Waals surface area (Å²) in [6.45, 7) is 0. The Balaban J connectivity index is 1.95. The van der Waals surface area contributed by atoms with Gasteiger partial charge in [0.05, 0.1) is 11.9 Å². The first-order chi connectivity index (χ1) is 8.17. The van der Waals surface area contributed by atoms with E-state index in [-0.39, 0.29) is 5.82 Å². The zero-order chi connectivity index (χ0) is 11.9. The fraction of sp³-hybridized carbons (Fsp3) is 0.333. The van der Waals surface area contributed by atoms with Gasteiger partial charge >= 0.3 is 0 Å². The maximum atomic E-state index is 13.1. The number of benzene rings is 1. The lowest BCUT2D eigenvalue weighted by atomic mass is 9.78. The second-order valence-electron chi connectivity index (χ2n) is 4.41. The molecule has 1 aliphatic rings. The van der Waals surface area contributed by atoms with Gasteiger partial charge < -0.3 is 5.11 Å². The Bertz CT molecular complexity index is 548. The summed E-state index contributed by atoms with van der Waals surface area (Å²) in [4.78, 5) is 0. The average molecular weight is 233 g/mol. The second kappa shape index (κ2) is 3.63. The molecule has 1 aliphatic carbocycles. The van der Waals surface area contributed by atoms with Crippen LogP contribution in [-0.2, 0) is 5.60 Å². The molecule has 1 saturated carbocycles. The second-order valence-corrected chi connectivity index (χ2v) is 4.41. The van der Waals surface area contributed by atoms with Gasteiger partial charge in [0.1, 0.15) is 17.1 Å². The molecule has 0 unspecified atom stereocenters. The summed E-state index contributed by atoms with van der Waals surface area (Å²) in [5.74, 6) is -0.318. The molecule has 3 rings (SSSR count). The van der Waals surface area contributed by atoms with Gasteiger partial charge in [0.15, 0.2) is 0 Å². The van der Waals surface area contributed by atoms with Crippen LogP contribution in [0.4, 0.5) is 4.39 Å². The first-order valence-electron chi connectivity index (χ1n) is 5.59. The number of aliphatic hydroxyl groups is 1. The topological polar surface area (TPSA) is 50.9 Å². The van der Waals surface area contributed by atoms with Crippen LogP contribution in [0.15, 0.2) is 30.5 Å². The SMILES string of the molecule is OC1(c2cn(-c3cccc(F)c3)nn2)CCC1. The van der Waals surface area contributed by atoms with Crippen LogP contribution in [0.25, 0.3) is 5.69 Å². The Labute approximate surface area is 97.7 Å². The quantitative estimate of drug-likeness (QED) is 0.860.